The molecule has 1 fully saturated rings. The molecule has 0 saturated carbocycles. The van der Waals surface area contributed by atoms with E-state index in [-0.39, 0.29) is 18.3 Å². The Morgan fingerprint density at radius 2 is 2.32 bits per heavy atom. The third-order valence-corrected chi connectivity index (χ3v) is 3.75. The van der Waals surface area contributed by atoms with E-state index >= 15 is 0 Å². The van der Waals surface area contributed by atoms with Gasteiger partial charge in [0.1, 0.15) is 5.75 Å². The lowest BCUT2D eigenvalue weighted by Crippen LogP contribution is -2.23. The van der Waals surface area contributed by atoms with Crippen molar-refractivity contribution < 1.29 is 14.6 Å². The van der Waals surface area contributed by atoms with Crippen molar-refractivity contribution in [2.24, 2.45) is 5.92 Å². The molecule has 0 amide bonds. The molecule has 0 aliphatic carbocycles. The summed E-state index contributed by atoms with van der Waals surface area (Å²) in [6.45, 7) is 2.17. The zero-order valence-electron chi connectivity index (χ0n) is 10.6. The molecule has 1 aliphatic heterocycles. The number of methoxy groups -OCH3 is 1. The predicted octanol–water partition coefficient (Wildman–Crippen LogP) is 2.79. The predicted molar refractivity (Wildman–Crippen MR) is 79.0 cm³/mol. The molecule has 6 heteroatoms. The highest BCUT2D eigenvalue weighted by Crippen LogP contribution is 2.26. The van der Waals surface area contributed by atoms with E-state index in [1.54, 1.807) is 7.11 Å². The van der Waals surface area contributed by atoms with Crippen molar-refractivity contribution in [1.29, 1.82) is 0 Å². The van der Waals surface area contributed by atoms with Crippen LogP contribution in [0.25, 0.3) is 0 Å². The molecular formula is C13H17BrClNO3. The standard InChI is InChI=1S/C13H16BrNO3.ClH/c1-18-12-3-2-11(14)6-10(12)8-15-5-4-9(7-15)13(16)17;/h2-3,6,9H,4-5,7-8H2,1H3,(H,16,17);1H. The van der Waals surface area contributed by atoms with Crippen LogP contribution in [0.2, 0.25) is 0 Å². The number of hydrogen-bond donors (Lipinski definition) is 1. The van der Waals surface area contributed by atoms with Gasteiger partial charge in [0, 0.05) is 23.1 Å². The number of aliphatic carboxylic acids is 1. The molecule has 0 bridgehead atoms. The van der Waals surface area contributed by atoms with Crippen molar-refractivity contribution >= 4 is 34.3 Å². The van der Waals surface area contributed by atoms with Crippen LogP contribution in [0.5, 0.6) is 5.75 Å². The van der Waals surface area contributed by atoms with Crippen LogP contribution < -0.4 is 4.74 Å². The highest BCUT2D eigenvalue weighted by molar-refractivity contribution is 9.10. The second kappa shape index (κ2) is 7.12. The minimum absolute atomic E-state index is 0. The summed E-state index contributed by atoms with van der Waals surface area (Å²) in [5.41, 5.74) is 1.08. The van der Waals surface area contributed by atoms with Gasteiger partial charge in [0.05, 0.1) is 13.0 Å². The SMILES string of the molecule is COc1ccc(Br)cc1CN1CCC(C(=O)O)C1.Cl. The molecule has 2 rings (SSSR count). The largest absolute Gasteiger partial charge is 0.496 e. The lowest BCUT2D eigenvalue weighted by Gasteiger charge is -2.17. The lowest BCUT2D eigenvalue weighted by molar-refractivity contribution is -0.141. The van der Waals surface area contributed by atoms with Gasteiger partial charge < -0.3 is 9.84 Å². The fourth-order valence-electron chi connectivity index (χ4n) is 2.29. The van der Waals surface area contributed by atoms with Crippen LogP contribution in [0.1, 0.15) is 12.0 Å². The molecule has 0 aromatic heterocycles. The number of nitrogens with zero attached hydrogens (tertiary/aromatic N) is 1. The van der Waals surface area contributed by atoms with E-state index in [2.05, 4.69) is 20.8 Å². The molecule has 0 spiro atoms. The number of rotatable bonds is 4. The molecule has 1 aromatic rings. The summed E-state index contributed by atoms with van der Waals surface area (Å²) in [6.07, 6.45) is 0.728. The average Bonchev–Trinajstić information content (AvgIpc) is 2.78. The Morgan fingerprint density at radius 3 is 2.89 bits per heavy atom. The molecule has 1 saturated heterocycles. The van der Waals surface area contributed by atoms with Gasteiger partial charge in [0.15, 0.2) is 0 Å². The Labute approximate surface area is 127 Å². The summed E-state index contributed by atoms with van der Waals surface area (Å²) in [5, 5.41) is 8.98. The van der Waals surface area contributed by atoms with Gasteiger partial charge in [-0.25, -0.2) is 0 Å². The molecular weight excluding hydrogens is 334 g/mol. The lowest BCUT2D eigenvalue weighted by atomic mass is 10.1. The van der Waals surface area contributed by atoms with Gasteiger partial charge >= 0.3 is 5.97 Å². The molecule has 1 heterocycles. The topological polar surface area (TPSA) is 49.8 Å². The van der Waals surface area contributed by atoms with Crippen molar-refractivity contribution in [1.82, 2.24) is 4.90 Å². The van der Waals surface area contributed by atoms with Gasteiger partial charge in [0.2, 0.25) is 0 Å². The third kappa shape index (κ3) is 4.09. The van der Waals surface area contributed by atoms with Crippen LogP contribution in [0.4, 0.5) is 0 Å². The Balaban J connectivity index is 0.00000180. The number of likely N-dealkylation sites (tertiary alicyclic amines) is 1. The van der Waals surface area contributed by atoms with Gasteiger partial charge in [-0.1, -0.05) is 15.9 Å². The maximum Gasteiger partial charge on any atom is 0.307 e. The van der Waals surface area contributed by atoms with Gasteiger partial charge in [-0.2, -0.15) is 0 Å². The highest BCUT2D eigenvalue weighted by atomic mass is 79.9. The minimum Gasteiger partial charge on any atom is -0.496 e. The normalized spacial score (nSPS) is 18.9. The van der Waals surface area contributed by atoms with Crippen LogP contribution in [-0.2, 0) is 11.3 Å². The first kappa shape index (κ1) is 16.3. The smallest absolute Gasteiger partial charge is 0.307 e. The van der Waals surface area contributed by atoms with Gasteiger partial charge in [-0.15, -0.1) is 12.4 Å². The first-order valence-electron chi connectivity index (χ1n) is 5.87. The van der Waals surface area contributed by atoms with Gasteiger partial charge in [-0.3, -0.25) is 9.69 Å². The van der Waals surface area contributed by atoms with Crippen molar-refractivity contribution in [3.63, 3.8) is 0 Å². The average molecular weight is 351 g/mol. The van der Waals surface area contributed by atoms with E-state index in [1.165, 1.54) is 0 Å². The molecule has 0 radical (unpaired) electrons. The zero-order valence-corrected chi connectivity index (χ0v) is 13.0. The van der Waals surface area contributed by atoms with E-state index in [9.17, 15) is 4.79 Å². The Morgan fingerprint density at radius 1 is 1.58 bits per heavy atom. The Bertz CT molecular complexity index is 456. The molecule has 19 heavy (non-hydrogen) atoms. The number of benzene rings is 1. The van der Waals surface area contributed by atoms with E-state index in [4.69, 9.17) is 9.84 Å². The number of carbonyl (C=O) groups is 1. The van der Waals surface area contributed by atoms with Crippen molar-refractivity contribution in [3.05, 3.63) is 28.2 Å². The maximum absolute atomic E-state index is 10.9. The van der Waals surface area contributed by atoms with E-state index in [1.807, 2.05) is 18.2 Å². The van der Waals surface area contributed by atoms with Gasteiger partial charge in [0.25, 0.3) is 0 Å². The quantitative estimate of drug-likeness (QED) is 0.907. The molecule has 1 aromatic carbocycles. The fourth-order valence-corrected chi connectivity index (χ4v) is 2.70. The third-order valence-electron chi connectivity index (χ3n) is 3.26. The van der Waals surface area contributed by atoms with Crippen molar-refractivity contribution in [2.75, 3.05) is 20.2 Å². The molecule has 1 aliphatic rings. The molecule has 106 valence electrons. The minimum atomic E-state index is -0.696. The molecule has 4 nitrogen and oxygen atoms in total. The number of carboxylic acids is 1. The number of ether oxygens (including phenoxy) is 1. The van der Waals surface area contributed by atoms with Crippen molar-refractivity contribution in [3.8, 4) is 5.75 Å². The van der Waals surface area contributed by atoms with E-state index < -0.39 is 5.97 Å². The van der Waals surface area contributed by atoms with Crippen LogP contribution in [0.3, 0.4) is 0 Å². The van der Waals surface area contributed by atoms with Crippen LogP contribution >= 0.6 is 28.3 Å². The first-order valence-corrected chi connectivity index (χ1v) is 6.67. The van der Waals surface area contributed by atoms with Crippen LogP contribution in [0, 0.1) is 5.92 Å². The van der Waals surface area contributed by atoms with E-state index in [0.717, 1.165) is 35.3 Å². The summed E-state index contributed by atoms with van der Waals surface area (Å²) >= 11 is 3.44. The van der Waals surface area contributed by atoms with Crippen LogP contribution in [-0.4, -0.2) is 36.2 Å². The summed E-state index contributed by atoms with van der Waals surface area (Å²) in [7, 11) is 1.65. The van der Waals surface area contributed by atoms with E-state index in [0.29, 0.717) is 6.54 Å². The maximum atomic E-state index is 10.9. The monoisotopic (exact) mass is 349 g/mol. The number of hydrogen-bond acceptors (Lipinski definition) is 3. The fraction of sp³-hybridized carbons (Fsp3) is 0.462. The highest BCUT2D eigenvalue weighted by Gasteiger charge is 2.28. The van der Waals surface area contributed by atoms with Crippen molar-refractivity contribution in [2.45, 2.75) is 13.0 Å². The second-order valence-corrected chi connectivity index (χ2v) is 5.43. The Hall–Kier alpha value is -0.780. The van der Waals surface area contributed by atoms with Crippen LogP contribution in [0.15, 0.2) is 22.7 Å². The zero-order chi connectivity index (χ0) is 13.1. The molecule has 1 N–H and O–H groups in total. The summed E-state index contributed by atoms with van der Waals surface area (Å²) in [6, 6.07) is 5.88. The molecule has 1 unspecified atom stereocenters. The summed E-state index contributed by atoms with van der Waals surface area (Å²) in [5.74, 6) is -0.0844. The molecule has 1 atom stereocenters. The summed E-state index contributed by atoms with van der Waals surface area (Å²) in [4.78, 5) is 13.1. The number of halogens is 2. The Kier molecular flexibility index (Phi) is 6.10. The second-order valence-electron chi connectivity index (χ2n) is 4.52. The van der Waals surface area contributed by atoms with Gasteiger partial charge in [-0.05, 0) is 31.2 Å². The number of carboxylic acid groups (broad SMARTS) is 1. The first-order chi connectivity index (χ1) is 8.60. The summed E-state index contributed by atoms with van der Waals surface area (Å²) < 4.78 is 6.33.